The zero-order valence-electron chi connectivity index (χ0n) is 13.4. The summed E-state index contributed by atoms with van der Waals surface area (Å²) in [6.07, 6.45) is 6.53. The number of anilines is 1. The van der Waals surface area contributed by atoms with Gasteiger partial charge in [0, 0.05) is 12.7 Å². The predicted octanol–water partition coefficient (Wildman–Crippen LogP) is 5.33. The number of aromatic nitrogens is 2. The second-order valence-corrected chi connectivity index (χ2v) is 6.22. The van der Waals surface area contributed by atoms with Crippen LogP contribution in [0.3, 0.4) is 0 Å². The Morgan fingerprint density at radius 3 is 2.70 bits per heavy atom. The first-order valence-corrected chi connectivity index (χ1v) is 8.60. The lowest BCUT2D eigenvalue weighted by molar-refractivity contribution is 0.710. The molecule has 1 N–H and O–H groups in total. The van der Waals surface area contributed by atoms with Crippen LogP contribution < -0.4 is 5.32 Å². The Labute approximate surface area is 142 Å². The van der Waals surface area contributed by atoms with Crippen LogP contribution in [0.4, 0.5) is 5.82 Å². The van der Waals surface area contributed by atoms with Gasteiger partial charge < -0.3 is 5.32 Å². The minimum Gasteiger partial charge on any atom is -0.366 e. The summed E-state index contributed by atoms with van der Waals surface area (Å²) < 4.78 is 2.06. The Morgan fingerprint density at radius 1 is 1.09 bits per heavy atom. The molecule has 23 heavy (non-hydrogen) atoms. The summed E-state index contributed by atoms with van der Waals surface area (Å²) in [5.41, 5.74) is 3.32. The fourth-order valence-electron chi connectivity index (χ4n) is 2.75. The van der Waals surface area contributed by atoms with Crippen LogP contribution in [-0.2, 0) is 13.0 Å². The molecule has 3 nitrogen and oxygen atoms in total. The number of nitrogens with zero attached hydrogens (tertiary/aromatic N) is 2. The third-order valence-electron chi connectivity index (χ3n) is 3.97. The number of benzene rings is 1. The maximum atomic E-state index is 6.17. The van der Waals surface area contributed by atoms with Crippen LogP contribution in [0, 0.1) is 0 Å². The monoisotopic (exact) mass is 327 g/mol. The summed E-state index contributed by atoms with van der Waals surface area (Å²) in [6.45, 7) is 3.00. The molecule has 2 heterocycles. The Bertz CT molecular complexity index is 765. The molecule has 0 amide bonds. The summed E-state index contributed by atoms with van der Waals surface area (Å²) in [4.78, 5) is 4.78. The highest BCUT2D eigenvalue weighted by Gasteiger charge is 2.12. The van der Waals surface area contributed by atoms with Gasteiger partial charge in [0.25, 0.3) is 0 Å². The SMILES string of the molecule is CCCCCc1nc2ccc(Cl)cn2c1NCc1ccccc1. The number of imidazole rings is 1. The number of unbranched alkanes of at least 4 members (excludes halogenated alkanes) is 2. The Morgan fingerprint density at radius 2 is 1.91 bits per heavy atom. The van der Waals surface area contributed by atoms with E-state index in [0.717, 1.165) is 41.6 Å². The van der Waals surface area contributed by atoms with E-state index in [1.165, 1.54) is 18.4 Å². The van der Waals surface area contributed by atoms with Gasteiger partial charge in [-0.3, -0.25) is 4.40 Å². The van der Waals surface area contributed by atoms with E-state index in [2.05, 4.69) is 40.9 Å². The highest BCUT2D eigenvalue weighted by Crippen LogP contribution is 2.23. The van der Waals surface area contributed by atoms with Crippen molar-refractivity contribution in [1.29, 1.82) is 0 Å². The van der Waals surface area contributed by atoms with E-state index in [9.17, 15) is 0 Å². The molecule has 4 heteroatoms. The number of fused-ring (bicyclic) bond motifs is 1. The van der Waals surface area contributed by atoms with Gasteiger partial charge in [-0.1, -0.05) is 61.7 Å². The lowest BCUT2D eigenvalue weighted by Gasteiger charge is -2.09. The molecule has 2 aromatic heterocycles. The normalized spacial score (nSPS) is 11.0. The lowest BCUT2D eigenvalue weighted by Crippen LogP contribution is -2.04. The van der Waals surface area contributed by atoms with Crippen molar-refractivity contribution in [2.24, 2.45) is 0 Å². The molecule has 0 aliphatic rings. The average Bonchev–Trinajstić information content (AvgIpc) is 2.91. The predicted molar refractivity (Wildman–Crippen MR) is 97.2 cm³/mol. The van der Waals surface area contributed by atoms with Crippen molar-refractivity contribution < 1.29 is 0 Å². The van der Waals surface area contributed by atoms with Gasteiger partial charge in [-0.25, -0.2) is 4.98 Å². The maximum absolute atomic E-state index is 6.17. The van der Waals surface area contributed by atoms with Gasteiger partial charge in [0.05, 0.1) is 10.7 Å². The zero-order chi connectivity index (χ0) is 16.1. The first-order valence-electron chi connectivity index (χ1n) is 8.22. The highest BCUT2D eigenvalue weighted by atomic mass is 35.5. The van der Waals surface area contributed by atoms with Gasteiger partial charge >= 0.3 is 0 Å². The van der Waals surface area contributed by atoms with Crippen molar-refractivity contribution in [1.82, 2.24) is 9.38 Å². The smallest absolute Gasteiger partial charge is 0.138 e. The summed E-state index contributed by atoms with van der Waals surface area (Å²) in [6, 6.07) is 14.3. The fraction of sp³-hybridized carbons (Fsp3) is 0.316. The van der Waals surface area contributed by atoms with E-state index in [1.807, 2.05) is 24.4 Å². The number of nitrogens with one attached hydrogen (secondary N) is 1. The number of halogens is 1. The number of aryl methyl sites for hydroxylation is 1. The van der Waals surface area contributed by atoms with E-state index in [0.29, 0.717) is 0 Å². The topological polar surface area (TPSA) is 29.3 Å². The first-order chi connectivity index (χ1) is 11.3. The minimum atomic E-state index is 0.720. The van der Waals surface area contributed by atoms with E-state index in [1.54, 1.807) is 0 Å². The molecule has 0 fully saturated rings. The van der Waals surface area contributed by atoms with Crippen LogP contribution in [0.5, 0.6) is 0 Å². The van der Waals surface area contributed by atoms with Gasteiger partial charge in [0.15, 0.2) is 0 Å². The second kappa shape index (κ2) is 7.51. The molecule has 1 aromatic carbocycles. The summed E-state index contributed by atoms with van der Waals surface area (Å²) in [5.74, 6) is 1.06. The number of hydrogen-bond donors (Lipinski definition) is 1. The lowest BCUT2D eigenvalue weighted by atomic mass is 10.1. The summed E-state index contributed by atoms with van der Waals surface area (Å²) in [5, 5.41) is 4.27. The van der Waals surface area contributed by atoms with Crippen LogP contribution >= 0.6 is 11.6 Å². The van der Waals surface area contributed by atoms with Crippen LogP contribution in [0.15, 0.2) is 48.7 Å². The highest BCUT2D eigenvalue weighted by molar-refractivity contribution is 6.30. The second-order valence-electron chi connectivity index (χ2n) is 5.78. The zero-order valence-corrected chi connectivity index (χ0v) is 14.2. The summed E-state index contributed by atoms with van der Waals surface area (Å²) >= 11 is 6.17. The van der Waals surface area contributed by atoms with E-state index in [4.69, 9.17) is 16.6 Å². The van der Waals surface area contributed by atoms with E-state index < -0.39 is 0 Å². The van der Waals surface area contributed by atoms with Gasteiger partial charge in [-0.05, 0) is 30.5 Å². The average molecular weight is 328 g/mol. The molecule has 0 aliphatic heterocycles. The molecule has 3 aromatic rings. The van der Waals surface area contributed by atoms with Gasteiger partial charge in [-0.15, -0.1) is 0 Å². The van der Waals surface area contributed by atoms with Crippen molar-refractivity contribution in [2.45, 2.75) is 39.2 Å². The minimum absolute atomic E-state index is 0.720. The van der Waals surface area contributed by atoms with Gasteiger partial charge in [0.1, 0.15) is 11.5 Å². The van der Waals surface area contributed by atoms with Gasteiger partial charge in [-0.2, -0.15) is 0 Å². The van der Waals surface area contributed by atoms with Crippen LogP contribution in [0.2, 0.25) is 5.02 Å². The number of pyridine rings is 1. The molecule has 0 radical (unpaired) electrons. The third kappa shape index (κ3) is 3.85. The largest absolute Gasteiger partial charge is 0.366 e. The van der Waals surface area contributed by atoms with Crippen molar-refractivity contribution in [3.63, 3.8) is 0 Å². The van der Waals surface area contributed by atoms with Crippen molar-refractivity contribution in [3.8, 4) is 0 Å². The van der Waals surface area contributed by atoms with Crippen molar-refractivity contribution in [2.75, 3.05) is 5.32 Å². The Hall–Kier alpha value is -2.00. The van der Waals surface area contributed by atoms with E-state index in [-0.39, 0.29) is 0 Å². The van der Waals surface area contributed by atoms with E-state index >= 15 is 0 Å². The van der Waals surface area contributed by atoms with Crippen LogP contribution in [0.1, 0.15) is 37.4 Å². The quantitative estimate of drug-likeness (QED) is 0.594. The Balaban J connectivity index is 1.87. The van der Waals surface area contributed by atoms with Crippen molar-refractivity contribution >= 4 is 23.1 Å². The molecular weight excluding hydrogens is 306 g/mol. The first kappa shape index (κ1) is 15.9. The molecule has 120 valence electrons. The molecular formula is C19H22ClN3. The summed E-state index contributed by atoms with van der Waals surface area (Å²) in [7, 11) is 0. The fourth-order valence-corrected chi connectivity index (χ4v) is 2.91. The number of rotatable bonds is 7. The van der Waals surface area contributed by atoms with Crippen LogP contribution in [-0.4, -0.2) is 9.38 Å². The molecule has 0 spiro atoms. The maximum Gasteiger partial charge on any atom is 0.138 e. The molecule has 0 unspecified atom stereocenters. The number of hydrogen-bond acceptors (Lipinski definition) is 2. The molecule has 3 rings (SSSR count). The third-order valence-corrected chi connectivity index (χ3v) is 4.20. The van der Waals surface area contributed by atoms with Crippen molar-refractivity contribution in [3.05, 3.63) is 64.9 Å². The Kier molecular flexibility index (Phi) is 5.19. The molecule has 0 atom stereocenters. The molecule has 0 bridgehead atoms. The van der Waals surface area contributed by atoms with Gasteiger partial charge in [0.2, 0.25) is 0 Å². The standard InChI is InChI=1S/C19H22ClN3/c1-2-3-5-10-17-19(21-13-15-8-6-4-7-9-15)23-14-16(20)11-12-18(23)22-17/h4,6-9,11-12,14,21H,2-3,5,10,13H2,1H3. The van der Waals surface area contributed by atoms with Crippen LogP contribution in [0.25, 0.3) is 5.65 Å². The molecule has 0 aliphatic carbocycles. The molecule has 0 saturated carbocycles. The molecule has 0 saturated heterocycles.